The van der Waals surface area contributed by atoms with E-state index in [1.807, 2.05) is 6.92 Å². The Morgan fingerprint density at radius 2 is 2.23 bits per heavy atom. The lowest BCUT2D eigenvalue weighted by Gasteiger charge is -2.22. The molecule has 2 heterocycles. The number of hydrogen-bond donors (Lipinski definition) is 1. The first-order chi connectivity index (χ1) is 10.6. The van der Waals surface area contributed by atoms with Crippen molar-refractivity contribution in [2.45, 2.75) is 45.3 Å². The van der Waals surface area contributed by atoms with Gasteiger partial charge in [0, 0.05) is 30.9 Å². The van der Waals surface area contributed by atoms with E-state index in [0.717, 1.165) is 25.8 Å². The van der Waals surface area contributed by atoms with Crippen LogP contribution in [0, 0.1) is 6.92 Å². The number of carbonyl (C=O) groups excluding carboxylic acids is 1. The Kier molecular flexibility index (Phi) is 4.21. The smallest absolute Gasteiger partial charge is 0.251 e. The summed E-state index contributed by atoms with van der Waals surface area (Å²) in [5, 5.41) is 4.29. The lowest BCUT2D eigenvalue weighted by Crippen LogP contribution is -2.44. The van der Waals surface area contributed by atoms with Crippen molar-refractivity contribution in [2.75, 3.05) is 13.2 Å². The van der Waals surface area contributed by atoms with Gasteiger partial charge in [0.15, 0.2) is 0 Å². The second-order valence-electron chi connectivity index (χ2n) is 6.29. The number of aryl methyl sites for hydroxylation is 2. The number of hydrogen-bond acceptors (Lipinski definition) is 2. The average molecular weight is 300 g/mol. The van der Waals surface area contributed by atoms with Gasteiger partial charge in [0.25, 0.3) is 5.91 Å². The highest BCUT2D eigenvalue weighted by molar-refractivity contribution is 5.85. The van der Waals surface area contributed by atoms with E-state index in [1.54, 1.807) is 0 Å². The molecule has 1 aromatic heterocycles. The van der Waals surface area contributed by atoms with Gasteiger partial charge in [-0.05, 0) is 50.6 Å². The highest BCUT2D eigenvalue weighted by Crippen LogP contribution is 2.25. The van der Waals surface area contributed by atoms with E-state index in [1.165, 1.54) is 16.6 Å². The highest BCUT2D eigenvalue weighted by atomic mass is 16.5. The first-order valence-corrected chi connectivity index (χ1v) is 8.07. The lowest BCUT2D eigenvalue weighted by molar-refractivity contribution is -0.139. The van der Waals surface area contributed by atoms with Crippen LogP contribution in [0.3, 0.4) is 0 Å². The summed E-state index contributed by atoms with van der Waals surface area (Å²) in [4.78, 5) is 12.2. The second kappa shape index (κ2) is 6.13. The Morgan fingerprint density at radius 3 is 3.00 bits per heavy atom. The molecule has 0 saturated carbocycles. The number of fused-ring (bicyclic) bond motifs is 1. The zero-order valence-corrected chi connectivity index (χ0v) is 13.4. The van der Waals surface area contributed by atoms with E-state index >= 15 is 0 Å². The third-order valence-corrected chi connectivity index (χ3v) is 4.56. The summed E-state index contributed by atoms with van der Waals surface area (Å²) < 4.78 is 7.88. The molecule has 0 radical (unpaired) electrons. The number of para-hydroxylation sites is 1. The first kappa shape index (κ1) is 15.1. The van der Waals surface area contributed by atoms with Gasteiger partial charge >= 0.3 is 0 Å². The predicted molar refractivity (Wildman–Crippen MR) is 87.9 cm³/mol. The van der Waals surface area contributed by atoms with Crippen LogP contribution in [-0.4, -0.2) is 29.2 Å². The van der Waals surface area contributed by atoms with Crippen LogP contribution in [-0.2, 0) is 16.1 Å². The number of ether oxygens (including phenoxy) is 1. The second-order valence-corrected chi connectivity index (χ2v) is 6.29. The monoisotopic (exact) mass is 300 g/mol. The normalized spacial score (nSPS) is 21.4. The molecule has 4 heteroatoms. The standard InChI is InChI=1S/C18H24N2O2/c1-14-13-15-7-3-4-8-16(15)20(14)11-6-10-19-17(21)18(2)9-5-12-22-18/h3-4,7-8,13H,5-6,9-12H2,1-2H3,(H,19,21). The molecule has 0 spiro atoms. The Labute approximate surface area is 131 Å². The van der Waals surface area contributed by atoms with E-state index in [4.69, 9.17) is 4.74 Å². The van der Waals surface area contributed by atoms with Crippen molar-refractivity contribution in [3.8, 4) is 0 Å². The summed E-state index contributed by atoms with van der Waals surface area (Å²) in [6.45, 7) is 6.31. The lowest BCUT2D eigenvalue weighted by atomic mass is 10.0. The zero-order valence-electron chi connectivity index (χ0n) is 13.4. The van der Waals surface area contributed by atoms with Crippen LogP contribution >= 0.6 is 0 Å². The fraction of sp³-hybridized carbons (Fsp3) is 0.500. The predicted octanol–water partition coefficient (Wildman–Crippen LogP) is 3.03. The molecule has 1 atom stereocenters. The minimum Gasteiger partial charge on any atom is -0.365 e. The minimum absolute atomic E-state index is 0.0269. The zero-order chi connectivity index (χ0) is 15.6. The highest BCUT2D eigenvalue weighted by Gasteiger charge is 2.37. The maximum Gasteiger partial charge on any atom is 0.251 e. The quantitative estimate of drug-likeness (QED) is 0.863. The Balaban J connectivity index is 1.54. The summed E-state index contributed by atoms with van der Waals surface area (Å²) in [7, 11) is 0. The van der Waals surface area contributed by atoms with Gasteiger partial charge in [0.2, 0.25) is 0 Å². The van der Waals surface area contributed by atoms with E-state index in [0.29, 0.717) is 13.2 Å². The molecule has 1 saturated heterocycles. The van der Waals surface area contributed by atoms with E-state index in [9.17, 15) is 4.79 Å². The SMILES string of the molecule is Cc1cc2ccccc2n1CCCNC(=O)C1(C)CCCO1. The van der Waals surface area contributed by atoms with Crippen molar-refractivity contribution in [1.29, 1.82) is 0 Å². The molecule has 1 amide bonds. The molecule has 3 rings (SSSR count). The molecule has 1 N–H and O–H groups in total. The summed E-state index contributed by atoms with van der Waals surface area (Å²) >= 11 is 0. The summed E-state index contributed by atoms with van der Waals surface area (Å²) in [6, 6.07) is 10.6. The summed E-state index contributed by atoms with van der Waals surface area (Å²) in [5.74, 6) is 0.0269. The molecular weight excluding hydrogens is 276 g/mol. The number of nitrogens with one attached hydrogen (secondary N) is 1. The van der Waals surface area contributed by atoms with Gasteiger partial charge in [-0.15, -0.1) is 0 Å². The van der Waals surface area contributed by atoms with Crippen LogP contribution in [0.5, 0.6) is 0 Å². The van der Waals surface area contributed by atoms with E-state index < -0.39 is 5.60 Å². The molecule has 2 aromatic rings. The Bertz CT molecular complexity index is 669. The number of nitrogens with zero attached hydrogens (tertiary/aromatic N) is 1. The van der Waals surface area contributed by atoms with E-state index in [2.05, 4.69) is 47.1 Å². The molecule has 118 valence electrons. The van der Waals surface area contributed by atoms with Gasteiger partial charge < -0.3 is 14.6 Å². The molecule has 1 fully saturated rings. The fourth-order valence-corrected chi connectivity index (χ4v) is 3.23. The molecule has 22 heavy (non-hydrogen) atoms. The van der Waals surface area contributed by atoms with Gasteiger partial charge in [-0.25, -0.2) is 0 Å². The maximum atomic E-state index is 12.2. The molecule has 0 aliphatic carbocycles. The van der Waals surface area contributed by atoms with Crippen molar-refractivity contribution in [1.82, 2.24) is 9.88 Å². The topological polar surface area (TPSA) is 43.3 Å². The summed E-state index contributed by atoms with van der Waals surface area (Å²) in [6.07, 6.45) is 2.71. The van der Waals surface area contributed by atoms with Crippen LogP contribution in [0.15, 0.2) is 30.3 Å². The average Bonchev–Trinajstić information content (AvgIpc) is 3.08. The molecule has 0 bridgehead atoms. The minimum atomic E-state index is -0.615. The maximum absolute atomic E-state index is 12.2. The largest absolute Gasteiger partial charge is 0.365 e. The fourth-order valence-electron chi connectivity index (χ4n) is 3.23. The van der Waals surface area contributed by atoms with Gasteiger partial charge in [-0.1, -0.05) is 18.2 Å². The molecule has 4 nitrogen and oxygen atoms in total. The molecule has 1 aromatic carbocycles. The van der Waals surface area contributed by atoms with Gasteiger partial charge in [0.1, 0.15) is 5.60 Å². The molecule has 1 aliphatic rings. The van der Waals surface area contributed by atoms with Crippen LogP contribution < -0.4 is 5.32 Å². The molecule has 1 unspecified atom stereocenters. The first-order valence-electron chi connectivity index (χ1n) is 8.07. The third-order valence-electron chi connectivity index (χ3n) is 4.56. The van der Waals surface area contributed by atoms with Crippen molar-refractivity contribution in [2.24, 2.45) is 0 Å². The van der Waals surface area contributed by atoms with Gasteiger partial charge in [-0.3, -0.25) is 4.79 Å². The number of benzene rings is 1. The van der Waals surface area contributed by atoms with Crippen LogP contribution in [0.4, 0.5) is 0 Å². The van der Waals surface area contributed by atoms with Crippen molar-refractivity contribution < 1.29 is 9.53 Å². The Morgan fingerprint density at radius 1 is 1.41 bits per heavy atom. The molecule has 1 aliphatic heterocycles. The van der Waals surface area contributed by atoms with Gasteiger partial charge in [0.05, 0.1) is 0 Å². The third kappa shape index (κ3) is 2.88. The Hall–Kier alpha value is -1.81. The molecular formula is C18H24N2O2. The number of aromatic nitrogens is 1. The van der Waals surface area contributed by atoms with Crippen molar-refractivity contribution in [3.05, 3.63) is 36.0 Å². The van der Waals surface area contributed by atoms with Gasteiger partial charge in [-0.2, -0.15) is 0 Å². The van der Waals surface area contributed by atoms with Crippen molar-refractivity contribution in [3.63, 3.8) is 0 Å². The van der Waals surface area contributed by atoms with Crippen LogP contribution in [0.2, 0.25) is 0 Å². The van der Waals surface area contributed by atoms with E-state index in [-0.39, 0.29) is 5.91 Å². The van der Waals surface area contributed by atoms with Crippen LogP contribution in [0.25, 0.3) is 10.9 Å². The number of amides is 1. The van der Waals surface area contributed by atoms with Crippen LogP contribution in [0.1, 0.15) is 31.9 Å². The number of carbonyl (C=O) groups is 1. The summed E-state index contributed by atoms with van der Waals surface area (Å²) in [5.41, 5.74) is 1.91. The number of rotatable bonds is 5. The van der Waals surface area contributed by atoms with Crippen molar-refractivity contribution >= 4 is 16.8 Å².